The smallest absolute Gasteiger partial charge is 0.303 e. The summed E-state index contributed by atoms with van der Waals surface area (Å²) in [7, 11) is 0. The summed E-state index contributed by atoms with van der Waals surface area (Å²) in [4.78, 5) is 25.9. The molecule has 5 rings (SSSR count). The van der Waals surface area contributed by atoms with Crippen LogP contribution in [0.1, 0.15) is 75.0 Å². The van der Waals surface area contributed by atoms with Gasteiger partial charge in [0.25, 0.3) is 0 Å². The molecule has 1 saturated carbocycles. The minimum atomic E-state index is -0.780. The number of aromatic amines is 1. The Morgan fingerprint density at radius 3 is 2.68 bits per heavy atom. The lowest BCUT2D eigenvalue weighted by atomic mass is 9.71. The predicted octanol–water partition coefficient (Wildman–Crippen LogP) is 7.32. The molecule has 0 saturated heterocycles. The molecule has 198 valence electrons. The van der Waals surface area contributed by atoms with E-state index in [4.69, 9.17) is 4.74 Å². The third-order valence-corrected chi connectivity index (χ3v) is 7.90. The molecule has 0 spiro atoms. The highest BCUT2D eigenvalue weighted by Crippen LogP contribution is 2.46. The first-order valence-electron chi connectivity index (χ1n) is 13.4. The first kappa shape index (κ1) is 26.0. The van der Waals surface area contributed by atoms with Crippen LogP contribution in [0, 0.1) is 17.2 Å². The Morgan fingerprint density at radius 1 is 1.13 bits per heavy atom. The van der Waals surface area contributed by atoms with Crippen LogP contribution in [-0.2, 0) is 11.4 Å². The van der Waals surface area contributed by atoms with Crippen molar-refractivity contribution in [3.05, 3.63) is 93.7 Å². The maximum Gasteiger partial charge on any atom is 0.303 e. The third kappa shape index (κ3) is 5.74. The average molecular weight is 516 g/mol. The van der Waals surface area contributed by atoms with Crippen LogP contribution in [0.15, 0.2) is 65.6 Å². The normalized spacial score (nSPS) is 17.5. The van der Waals surface area contributed by atoms with Gasteiger partial charge in [-0.15, -0.1) is 0 Å². The molecule has 1 aromatic heterocycles. The lowest BCUT2D eigenvalue weighted by Gasteiger charge is -2.33. The predicted molar refractivity (Wildman–Crippen MR) is 147 cm³/mol. The molecule has 6 heteroatoms. The van der Waals surface area contributed by atoms with Crippen LogP contribution in [-0.4, -0.2) is 16.1 Å². The van der Waals surface area contributed by atoms with E-state index in [-0.39, 0.29) is 28.9 Å². The van der Waals surface area contributed by atoms with E-state index in [0.717, 1.165) is 60.6 Å². The SMILES string of the molecule is CC1(C)CCCC=C1c1cc(COc2cccc(C(CC(=O)O)C3CC3)c2)ccc1-c1cc(=O)[nH]cc1F. The number of aliphatic carboxylic acids is 1. The highest BCUT2D eigenvalue weighted by Gasteiger charge is 2.34. The number of hydrogen-bond donors (Lipinski definition) is 2. The Hall–Kier alpha value is -3.67. The molecular weight excluding hydrogens is 481 g/mol. The molecule has 0 bridgehead atoms. The summed E-state index contributed by atoms with van der Waals surface area (Å²) >= 11 is 0. The number of carboxylic acids is 1. The van der Waals surface area contributed by atoms with Gasteiger partial charge in [0, 0.05) is 17.8 Å². The summed E-state index contributed by atoms with van der Waals surface area (Å²) in [6.45, 7) is 4.73. The van der Waals surface area contributed by atoms with Gasteiger partial charge in [-0.3, -0.25) is 9.59 Å². The molecule has 1 unspecified atom stereocenters. The number of benzene rings is 2. The Bertz CT molecular complexity index is 1430. The zero-order valence-corrected chi connectivity index (χ0v) is 21.9. The van der Waals surface area contributed by atoms with E-state index in [1.807, 2.05) is 36.4 Å². The minimum absolute atomic E-state index is 0.00586. The molecule has 2 N–H and O–H groups in total. The van der Waals surface area contributed by atoms with Crippen molar-refractivity contribution < 1.29 is 19.0 Å². The number of ether oxygens (including phenoxy) is 1. The molecule has 2 aliphatic rings. The summed E-state index contributed by atoms with van der Waals surface area (Å²) < 4.78 is 21.0. The van der Waals surface area contributed by atoms with E-state index >= 15 is 0 Å². The van der Waals surface area contributed by atoms with Crippen LogP contribution < -0.4 is 10.3 Å². The van der Waals surface area contributed by atoms with E-state index in [0.29, 0.717) is 23.8 Å². The van der Waals surface area contributed by atoms with Gasteiger partial charge in [-0.05, 0) is 95.4 Å². The van der Waals surface area contributed by atoms with Gasteiger partial charge in [0.05, 0.1) is 6.42 Å². The standard InChI is InChI=1S/C32H34FNO4/c1-32(2)13-4-3-8-28(32)26-14-20(9-12-24(26)27-16-30(35)34-18-29(27)33)19-38-23-7-5-6-22(15-23)25(17-31(36)37)21-10-11-21/h5-9,12,14-16,18,21,25H,3-4,10-11,13,17,19H2,1-2H3,(H,34,35)(H,36,37). The molecule has 2 aromatic carbocycles. The number of halogens is 1. The Morgan fingerprint density at radius 2 is 1.95 bits per heavy atom. The number of nitrogens with one attached hydrogen (secondary N) is 1. The number of hydrogen-bond acceptors (Lipinski definition) is 3. The van der Waals surface area contributed by atoms with E-state index in [2.05, 4.69) is 31.0 Å². The van der Waals surface area contributed by atoms with Crippen molar-refractivity contribution >= 4 is 11.5 Å². The number of allylic oxidation sites excluding steroid dienone is 2. The van der Waals surface area contributed by atoms with E-state index in [1.54, 1.807) is 0 Å². The molecule has 38 heavy (non-hydrogen) atoms. The number of aromatic nitrogens is 1. The van der Waals surface area contributed by atoms with Gasteiger partial charge in [-0.1, -0.05) is 44.2 Å². The van der Waals surface area contributed by atoms with Crippen molar-refractivity contribution in [1.82, 2.24) is 4.98 Å². The van der Waals surface area contributed by atoms with Gasteiger partial charge in [-0.25, -0.2) is 4.39 Å². The second kappa shape index (κ2) is 10.6. The molecule has 0 aliphatic heterocycles. The van der Waals surface area contributed by atoms with E-state index < -0.39 is 11.8 Å². The highest BCUT2D eigenvalue weighted by molar-refractivity contribution is 5.84. The zero-order chi connectivity index (χ0) is 26.9. The van der Waals surface area contributed by atoms with Crippen molar-refractivity contribution in [2.45, 2.75) is 64.9 Å². The zero-order valence-electron chi connectivity index (χ0n) is 21.9. The second-order valence-corrected chi connectivity index (χ2v) is 11.2. The Balaban J connectivity index is 1.45. The molecule has 0 amide bonds. The van der Waals surface area contributed by atoms with Gasteiger partial charge >= 0.3 is 5.97 Å². The van der Waals surface area contributed by atoms with Crippen LogP contribution in [0.25, 0.3) is 16.7 Å². The molecule has 2 aliphatic carbocycles. The van der Waals surface area contributed by atoms with E-state index in [1.165, 1.54) is 6.07 Å². The molecule has 3 aromatic rings. The monoisotopic (exact) mass is 515 g/mol. The maximum atomic E-state index is 14.9. The quantitative estimate of drug-likeness (QED) is 0.313. The van der Waals surface area contributed by atoms with Crippen molar-refractivity contribution in [1.29, 1.82) is 0 Å². The highest BCUT2D eigenvalue weighted by atomic mass is 19.1. The molecule has 0 radical (unpaired) electrons. The first-order valence-corrected chi connectivity index (χ1v) is 13.4. The Labute approximate surface area is 222 Å². The number of pyridine rings is 1. The molecule has 1 atom stereocenters. The number of carboxylic acid groups (broad SMARTS) is 1. The summed E-state index contributed by atoms with van der Waals surface area (Å²) in [6.07, 6.45) is 8.71. The second-order valence-electron chi connectivity index (χ2n) is 11.2. The lowest BCUT2D eigenvalue weighted by molar-refractivity contribution is -0.137. The summed E-state index contributed by atoms with van der Waals surface area (Å²) in [5.74, 6) is -0.118. The molecular formula is C32H34FNO4. The topological polar surface area (TPSA) is 79.4 Å². The number of carbonyl (C=O) groups is 1. The molecule has 5 nitrogen and oxygen atoms in total. The van der Waals surface area contributed by atoms with Gasteiger partial charge in [0.15, 0.2) is 0 Å². The van der Waals surface area contributed by atoms with Crippen LogP contribution in [0.4, 0.5) is 4.39 Å². The van der Waals surface area contributed by atoms with Gasteiger partial charge in [0.2, 0.25) is 5.56 Å². The van der Waals surface area contributed by atoms with Crippen molar-refractivity contribution in [2.75, 3.05) is 0 Å². The van der Waals surface area contributed by atoms with Crippen molar-refractivity contribution in [3.63, 3.8) is 0 Å². The van der Waals surface area contributed by atoms with Crippen LogP contribution in [0.5, 0.6) is 5.75 Å². The van der Waals surface area contributed by atoms with Crippen LogP contribution in [0.3, 0.4) is 0 Å². The van der Waals surface area contributed by atoms with Crippen LogP contribution in [0.2, 0.25) is 0 Å². The van der Waals surface area contributed by atoms with Gasteiger partial charge in [-0.2, -0.15) is 0 Å². The summed E-state index contributed by atoms with van der Waals surface area (Å²) in [5.41, 5.74) is 4.57. The van der Waals surface area contributed by atoms with Gasteiger partial charge in [0.1, 0.15) is 18.2 Å². The fourth-order valence-corrected chi connectivity index (χ4v) is 5.72. The summed E-state index contributed by atoms with van der Waals surface area (Å²) in [6, 6.07) is 14.9. The van der Waals surface area contributed by atoms with Crippen LogP contribution >= 0.6 is 0 Å². The van der Waals surface area contributed by atoms with Crippen molar-refractivity contribution in [3.8, 4) is 16.9 Å². The summed E-state index contributed by atoms with van der Waals surface area (Å²) in [5, 5.41) is 9.37. The first-order chi connectivity index (χ1) is 18.2. The fraction of sp³-hybridized carbons (Fsp3) is 0.375. The molecule has 1 fully saturated rings. The third-order valence-electron chi connectivity index (χ3n) is 7.90. The minimum Gasteiger partial charge on any atom is -0.489 e. The lowest BCUT2D eigenvalue weighted by Crippen LogP contribution is -2.18. The largest absolute Gasteiger partial charge is 0.489 e. The molecule has 1 heterocycles. The number of rotatable bonds is 9. The average Bonchev–Trinajstić information content (AvgIpc) is 3.73. The van der Waals surface area contributed by atoms with Gasteiger partial charge < -0.3 is 14.8 Å². The van der Waals surface area contributed by atoms with Crippen molar-refractivity contribution in [2.24, 2.45) is 11.3 Å². The fourth-order valence-electron chi connectivity index (χ4n) is 5.72. The maximum absolute atomic E-state index is 14.9. The Kier molecular flexibility index (Phi) is 7.24. The number of H-pyrrole nitrogens is 1. The van der Waals surface area contributed by atoms with E-state index in [9.17, 15) is 19.1 Å².